The highest BCUT2D eigenvalue weighted by Gasteiger charge is 2.49. The van der Waals surface area contributed by atoms with Gasteiger partial charge >= 0.3 is 6.18 Å². The topological polar surface area (TPSA) is 101 Å². The minimum absolute atomic E-state index is 0.00857. The Morgan fingerprint density at radius 3 is 2.71 bits per heavy atom. The number of fused-ring (bicyclic) bond motifs is 2. The lowest BCUT2D eigenvalue weighted by Crippen LogP contribution is -2.14. The van der Waals surface area contributed by atoms with Crippen LogP contribution in [0, 0.1) is 11.3 Å². The van der Waals surface area contributed by atoms with Crippen LogP contribution in [0.15, 0.2) is 45.1 Å². The van der Waals surface area contributed by atoms with Crippen molar-refractivity contribution in [2.75, 3.05) is 0 Å². The molecule has 0 N–H and O–H groups in total. The van der Waals surface area contributed by atoms with E-state index in [9.17, 15) is 18.4 Å². The Kier molecular flexibility index (Phi) is 4.75. The summed E-state index contributed by atoms with van der Waals surface area (Å²) in [6.07, 6.45) is -1.53. The van der Waals surface area contributed by atoms with E-state index in [1.165, 1.54) is 36.0 Å². The molecule has 1 aromatic carbocycles. The molecule has 0 bridgehead atoms. The van der Waals surface area contributed by atoms with Crippen molar-refractivity contribution in [1.82, 2.24) is 20.4 Å². The normalized spacial score (nSPS) is 16.5. The second kappa shape index (κ2) is 7.35. The van der Waals surface area contributed by atoms with Gasteiger partial charge in [-0.3, -0.25) is 4.99 Å². The monoisotopic (exact) mass is 460 g/mol. The number of hydrogen-bond acceptors (Lipinski definition) is 9. The highest BCUT2D eigenvalue weighted by atomic mass is 32.2. The highest BCUT2D eigenvalue weighted by Crippen LogP contribution is 2.56. The Balaban J connectivity index is 1.37. The lowest BCUT2D eigenvalue weighted by atomic mass is 10.1. The van der Waals surface area contributed by atoms with E-state index in [1.807, 2.05) is 12.1 Å². The molecule has 1 aliphatic carbocycles. The predicted octanol–water partition coefficient (Wildman–Crippen LogP) is 4.80. The van der Waals surface area contributed by atoms with Crippen LogP contribution in [-0.4, -0.2) is 24.8 Å². The summed E-state index contributed by atoms with van der Waals surface area (Å²) in [5, 5.41) is 26.0. The van der Waals surface area contributed by atoms with Crippen LogP contribution in [0.3, 0.4) is 0 Å². The Labute approximate surface area is 182 Å². The van der Waals surface area contributed by atoms with Gasteiger partial charge in [0.2, 0.25) is 6.39 Å². The van der Waals surface area contributed by atoms with Crippen molar-refractivity contribution in [2.24, 2.45) is 4.99 Å². The van der Waals surface area contributed by atoms with Crippen molar-refractivity contribution >= 4 is 27.9 Å². The quantitative estimate of drug-likeness (QED) is 0.549. The first-order valence-electron chi connectivity index (χ1n) is 9.03. The van der Waals surface area contributed by atoms with Gasteiger partial charge in [0.05, 0.1) is 22.7 Å². The third-order valence-corrected chi connectivity index (χ3v) is 7.12. The number of aliphatic imine (C=N–C) groups is 1. The fourth-order valence-electron chi connectivity index (χ4n) is 3.20. The maximum atomic E-state index is 12.9. The molecule has 0 atom stereocenters. The summed E-state index contributed by atoms with van der Waals surface area (Å²) < 4.78 is 44.6. The van der Waals surface area contributed by atoms with Crippen LogP contribution in [-0.2, 0) is 17.5 Å². The lowest BCUT2D eigenvalue weighted by Gasteiger charge is -2.21. The third kappa shape index (κ3) is 3.79. The van der Waals surface area contributed by atoms with E-state index < -0.39 is 11.7 Å². The minimum atomic E-state index is -4.48. The summed E-state index contributed by atoms with van der Waals surface area (Å²) in [5.41, 5.74) is 0.772. The Morgan fingerprint density at radius 1 is 1.19 bits per heavy atom. The average Bonchev–Trinajstić information content (AvgIpc) is 3.30. The maximum Gasteiger partial charge on any atom is 0.416 e. The molecular formula is C19H11F3N6OS2. The van der Waals surface area contributed by atoms with E-state index in [0.717, 1.165) is 39.9 Å². The molecule has 2 aromatic heterocycles. The summed E-state index contributed by atoms with van der Waals surface area (Å²) in [7, 11) is 0. The molecule has 31 heavy (non-hydrogen) atoms. The van der Waals surface area contributed by atoms with Gasteiger partial charge in [0, 0.05) is 11.3 Å². The zero-order valence-electron chi connectivity index (χ0n) is 15.5. The molecule has 1 aliphatic heterocycles. The Morgan fingerprint density at radius 2 is 2.03 bits per heavy atom. The largest absolute Gasteiger partial charge is 0.422 e. The van der Waals surface area contributed by atoms with Crippen molar-refractivity contribution in [3.63, 3.8) is 0 Å². The highest BCUT2D eigenvalue weighted by molar-refractivity contribution is 8.38. The first-order chi connectivity index (χ1) is 14.9. The van der Waals surface area contributed by atoms with Gasteiger partial charge in [-0.1, -0.05) is 17.8 Å². The van der Waals surface area contributed by atoms with Crippen molar-refractivity contribution in [2.45, 2.75) is 35.3 Å². The molecular weight excluding hydrogens is 449 g/mol. The summed E-state index contributed by atoms with van der Waals surface area (Å²) in [5.74, 6) is 0.609. The molecule has 5 rings (SSSR count). The van der Waals surface area contributed by atoms with Gasteiger partial charge in [-0.25, -0.2) is 0 Å². The summed E-state index contributed by atoms with van der Waals surface area (Å²) >= 11 is 2.73. The summed E-state index contributed by atoms with van der Waals surface area (Å²) in [4.78, 5) is 4.86. The Hall–Kier alpha value is -2.91. The van der Waals surface area contributed by atoms with Crippen LogP contribution in [0.1, 0.15) is 35.1 Å². The van der Waals surface area contributed by atoms with Crippen LogP contribution in [0.5, 0.6) is 0 Å². The molecule has 0 amide bonds. The second-order valence-electron chi connectivity index (χ2n) is 6.97. The van der Waals surface area contributed by atoms with Gasteiger partial charge in [0.1, 0.15) is 9.40 Å². The number of rotatable bonds is 3. The Bertz CT molecular complexity index is 1230. The predicted molar refractivity (Wildman–Crippen MR) is 107 cm³/mol. The van der Waals surface area contributed by atoms with Crippen LogP contribution in [0.2, 0.25) is 0 Å². The first kappa shape index (κ1) is 20.0. The number of nitrogens with zero attached hydrogens (tertiary/aromatic N) is 6. The van der Waals surface area contributed by atoms with E-state index in [-0.39, 0.29) is 17.0 Å². The molecule has 2 aliphatic rings. The molecule has 0 saturated heterocycles. The minimum Gasteiger partial charge on any atom is -0.422 e. The molecule has 1 fully saturated rings. The molecule has 0 radical (unpaired) electrons. The molecule has 7 nitrogen and oxygen atoms in total. The number of thioether (sulfide) groups is 2. The molecule has 0 unspecified atom stereocenters. The van der Waals surface area contributed by atoms with Gasteiger partial charge in [-0.15, -0.1) is 20.4 Å². The SMILES string of the molecule is N#Cc1cc(C(F)(F)F)ccc1CSC1=NC2(CC2)c2cc(-c3nnco3)nnc2S1. The van der Waals surface area contributed by atoms with Gasteiger partial charge in [0.25, 0.3) is 5.89 Å². The van der Waals surface area contributed by atoms with Gasteiger partial charge in [-0.2, -0.15) is 18.4 Å². The number of benzene rings is 1. The van der Waals surface area contributed by atoms with Crippen molar-refractivity contribution < 1.29 is 17.6 Å². The number of hydrogen-bond donors (Lipinski definition) is 0. The maximum absolute atomic E-state index is 12.9. The van der Waals surface area contributed by atoms with Crippen molar-refractivity contribution in [1.29, 1.82) is 5.26 Å². The van der Waals surface area contributed by atoms with Gasteiger partial charge < -0.3 is 4.42 Å². The summed E-state index contributed by atoms with van der Waals surface area (Å²) in [6, 6.07) is 6.95. The first-order valence-corrected chi connectivity index (χ1v) is 10.8. The van der Waals surface area contributed by atoms with Crippen molar-refractivity contribution in [3.8, 4) is 17.7 Å². The zero-order chi connectivity index (χ0) is 21.6. The van der Waals surface area contributed by atoms with Gasteiger partial charge in [0.15, 0.2) is 5.69 Å². The van der Waals surface area contributed by atoms with E-state index >= 15 is 0 Å². The van der Waals surface area contributed by atoms with E-state index in [0.29, 0.717) is 17.0 Å². The molecule has 3 heterocycles. The number of halogens is 3. The third-order valence-electron chi connectivity index (χ3n) is 4.96. The van der Waals surface area contributed by atoms with Crippen molar-refractivity contribution in [3.05, 3.63) is 52.9 Å². The van der Waals surface area contributed by atoms with E-state index in [2.05, 4.69) is 20.4 Å². The standard InChI is InChI=1S/C19H11F3N6OS2/c20-19(21,22)12-2-1-10(11(5-12)7-23)8-30-17-25-18(3-4-18)13-6-14(15-27-24-9-29-15)26-28-16(13)31-17/h1-2,5-6,9H,3-4,8H2. The molecule has 3 aromatic rings. The fourth-order valence-corrected chi connectivity index (χ4v) is 5.45. The second-order valence-corrected chi connectivity index (χ2v) is 9.17. The van der Waals surface area contributed by atoms with Gasteiger partial charge in [-0.05, 0) is 48.4 Å². The smallest absolute Gasteiger partial charge is 0.416 e. The lowest BCUT2D eigenvalue weighted by molar-refractivity contribution is -0.137. The zero-order valence-corrected chi connectivity index (χ0v) is 17.2. The van der Waals surface area contributed by atoms with Crippen LogP contribution in [0.4, 0.5) is 13.2 Å². The number of alkyl halides is 3. The number of nitriles is 1. The molecule has 12 heteroatoms. The molecule has 1 spiro atoms. The van der Waals surface area contributed by atoms with Crippen LogP contribution < -0.4 is 0 Å². The van der Waals surface area contributed by atoms with E-state index in [4.69, 9.17) is 9.41 Å². The number of aromatic nitrogens is 4. The van der Waals surface area contributed by atoms with Crippen LogP contribution >= 0.6 is 23.5 Å². The average molecular weight is 460 g/mol. The molecule has 156 valence electrons. The fraction of sp³-hybridized carbons (Fsp3) is 0.263. The summed E-state index contributed by atoms with van der Waals surface area (Å²) in [6.45, 7) is 0. The van der Waals surface area contributed by atoms with Crippen LogP contribution in [0.25, 0.3) is 11.6 Å². The van der Waals surface area contributed by atoms with E-state index in [1.54, 1.807) is 0 Å². The molecule has 1 saturated carbocycles.